The lowest BCUT2D eigenvalue weighted by molar-refractivity contribution is 0.0885. The molecule has 0 unspecified atom stereocenters. The summed E-state index contributed by atoms with van der Waals surface area (Å²) < 4.78 is 0.954. The number of hydrogen-bond donors (Lipinski definition) is 0. The van der Waals surface area contributed by atoms with Gasteiger partial charge in [0.1, 0.15) is 0 Å². The summed E-state index contributed by atoms with van der Waals surface area (Å²) in [4.78, 5) is 13.3. The lowest BCUT2D eigenvalue weighted by atomic mass is 10.2. The first-order valence-electron chi connectivity index (χ1n) is 3.82. The van der Waals surface area contributed by atoms with Gasteiger partial charge < -0.3 is 4.90 Å². The Morgan fingerprint density at radius 3 is 2.75 bits per heavy atom. The van der Waals surface area contributed by atoms with Gasteiger partial charge in [-0.3, -0.25) is 4.79 Å². The molecular weight excluding hydrogens is 218 g/mol. The summed E-state index contributed by atoms with van der Waals surface area (Å²) in [6, 6.07) is 7.48. The highest BCUT2D eigenvalue weighted by molar-refractivity contribution is 9.10. The van der Waals surface area contributed by atoms with Gasteiger partial charge >= 0.3 is 0 Å². The lowest BCUT2D eigenvalue weighted by Gasteiger charge is -2.00. The molecule has 1 aliphatic heterocycles. The smallest absolute Gasteiger partial charge is 0.254 e. The van der Waals surface area contributed by atoms with Crippen LogP contribution in [0.1, 0.15) is 10.4 Å². The van der Waals surface area contributed by atoms with Crippen LogP contribution in [0.5, 0.6) is 0 Å². The first kappa shape index (κ1) is 7.80. The molecule has 0 aliphatic carbocycles. The van der Waals surface area contributed by atoms with E-state index in [0.29, 0.717) is 0 Å². The van der Waals surface area contributed by atoms with Crippen molar-refractivity contribution in [2.45, 2.75) is 0 Å². The molecule has 2 rings (SSSR count). The molecule has 0 atom stereocenters. The van der Waals surface area contributed by atoms with Crippen LogP contribution in [0.2, 0.25) is 0 Å². The molecule has 1 amide bonds. The van der Waals surface area contributed by atoms with Crippen molar-refractivity contribution in [3.63, 3.8) is 0 Å². The number of rotatable bonds is 1. The van der Waals surface area contributed by atoms with Crippen molar-refractivity contribution >= 4 is 21.8 Å². The van der Waals surface area contributed by atoms with Gasteiger partial charge in [-0.1, -0.05) is 22.0 Å². The summed E-state index contributed by atoms with van der Waals surface area (Å²) in [7, 11) is 0. The largest absolute Gasteiger partial charge is 0.335 e. The minimum absolute atomic E-state index is 0.135. The maximum Gasteiger partial charge on any atom is 0.254 e. The van der Waals surface area contributed by atoms with Crippen molar-refractivity contribution in [3.8, 4) is 0 Å². The van der Waals surface area contributed by atoms with E-state index >= 15 is 0 Å². The van der Waals surface area contributed by atoms with Crippen LogP contribution in [-0.4, -0.2) is 23.9 Å². The SMILES string of the molecule is O=C(c1cccc(Br)c1)N1CC1. The van der Waals surface area contributed by atoms with E-state index in [1.807, 2.05) is 29.2 Å². The summed E-state index contributed by atoms with van der Waals surface area (Å²) in [5.74, 6) is 0.135. The number of carbonyl (C=O) groups excluding carboxylic acids is 1. The number of amides is 1. The normalized spacial score (nSPS) is 14.6. The van der Waals surface area contributed by atoms with Gasteiger partial charge in [0.2, 0.25) is 0 Å². The average Bonchev–Trinajstić information content (AvgIpc) is 2.85. The van der Waals surface area contributed by atoms with E-state index in [-0.39, 0.29) is 5.91 Å². The molecule has 0 N–H and O–H groups in total. The van der Waals surface area contributed by atoms with E-state index in [1.54, 1.807) is 0 Å². The van der Waals surface area contributed by atoms with Crippen LogP contribution in [0.15, 0.2) is 28.7 Å². The minimum Gasteiger partial charge on any atom is -0.335 e. The number of nitrogens with zero attached hydrogens (tertiary/aromatic N) is 1. The zero-order chi connectivity index (χ0) is 8.55. The van der Waals surface area contributed by atoms with Crippen molar-refractivity contribution in [3.05, 3.63) is 34.3 Å². The maximum absolute atomic E-state index is 11.5. The van der Waals surface area contributed by atoms with E-state index < -0.39 is 0 Å². The predicted octanol–water partition coefficient (Wildman–Crippen LogP) is 1.90. The Morgan fingerprint density at radius 2 is 2.17 bits per heavy atom. The fraction of sp³-hybridized carbons (Fsp3) is 0.222. The Labute approximate surface area is 79.3 Å². The fourth-order valence-electron chi connectivity index (χ4n) is 1.06. The first-order chi connectivity index (χ1) is 5.77. The monoisotopic (exact) mass is 225 g/mol. The van der Waals surface area contributed by atoms with Gasteiger partial charge in [0.05, 0.1) is 0 Å². The van der Waals surface area contributed by atoms with Gasteiger partial charge in [-0.05, 0) is 18.2 Å². The molecule has 0 bridgehead atoms. The predicted molar refractivity (Wildman–Crippen MR) is 50.0 cm³/mol. The van der Waals surface area contributed by atoms with Crippen LogP contribution in [-0.2, 0) is 0 Å². The Morgan fingerprint density at radius 1 is 1.42 bits per heavy atom. The molecule has 1 saturated heterocycles. The van der Waals surface area contributed by atoms with Crippen molar-refractivity contribution in [2.24, 2.45) is 0 Å². The first-order valence-corrected chi connectivity index (χ1v) is 4.61. The average molecular weight is 226 g/mol. The molecule has 0 saturated carbocycles. The Bertz CT molecular complexity index is 320. The second-order valence-corrected chi connectivity index (χ2v) is 3.72. The second-order valence-electron chi connectivity index (χ2n) is 2.80. The summed E-state index contributed by atoms with van der Waals surface area (Å²) >= 11 is 3.33. The van der Waals surface area contributed by atoms with E-state index in [9.17, 15) is 4.79 Å². The summed E-state index contributed by atoms with van der Waals surface area (Å²) in [6.07, 6.45) is 0. The van der Waals surface area contributed by atoms with E-state index in [1.165, 1.54) is 0 Å². The highest BCUT2D eigenvalue weighted by Crippen LogP contribution is 2.16. The minimum atomic E-state index is 0.135. The third-order valence-corrected chi connectivity index (χ3v) is 2.30. The van der Waals surface area contributed by atoms with Crippen molar-refractivity contribution in [1.82, 2.24) is 4.90 Å². The second kappa shape index (κ2) is 2.90. The Kier molecular flexibility index (Phi) is 1.89. The van der Waals surface area contributed by atoms with E-state index in [4.69, 9.17) is 0 Å². The van der Waals surface area contributed by atoms with Gasteiger partial charge in [-0.15, -0.1) is 0 Å². The zero-order valence-electron chi connectivity index (χ0n) is 6.46. The fourth-order valence-corrected chi connectivity index (χ4v) is 1.46. The third-order valence-electron chi connectivity index (χ3n) is 1.81. The molecule has 0 aromatic heterocycles. The summed E-state index contributed by atoms with van der Waals surface area (Å²) in [5.41, 5.74) is 0.766. The standard InChI is InChI=1S/C9H8BrNO/c10-8-3-1-2-7(6-8)9(12)11-4-5-11/h1-3,6H,4-5H2. The highest BCUT2D eigenvalue weighted by atomic mass is 79.9. The third kappa shape index (κ3) is 1.50. The van der Waals surface area contributed by atoms with Crippen LogP contribution >= 0.6 is 15.9 Å². The van der Waals surface area contributed by atoms with E-state index in [2.05, 4.69) is 15.9 Å². The molecule has 0 spiro atoms. The molecule has 12 heavy (non-hydrogen) atoms. The van der Waals surface area contributed by atoms with E-state index in [0.717, 1.165) is 23.1 Å². The molecule has 2 nitrogen and oxygen atoms in total. The van der Waals surface area contributed by atoms with Crippen LogP contribution < -0.4 is 0 Å². The molecule has 1 aliphatic rings. The van der Waals surface area contributed by atoms with Gasteiger partial charge in [-0.2, -0.15) is 0 Å². The number of carbonyl (C=O) groups is 1. The Balaban J connectivity index is 2.26. The van der Waals surface area contributed by atoms with Crippen molar-refractivity contribution < 1.29 is 4.79 Å². The molecular formula is C9H8BrNO. The quantitative estimate of drug-likeness (QED) is 0.669. The topological polar surface area (TPSA) is 20.1 Å². The van der Waals surface area contributed by atoms with Gasteiger partial charge in [0.25, 0.3) is 5.91 Å². The van der Waals surface area contributed by atoms with Crippen LogP contribution in [0, 0.1) is 0 Å². The number of benzene rings is 1. The zero-order valence-corrected chi connectivity index (χ0v) is 8.04. The van der Waals surface area contributed by atoms with Gasteiger partial charge in [0.15, 0.2) is 0 Å². The maximum atomic E-state index is 11.5. The molecule has 62 valence electrons. The molecule has 1 heterocycles. The van der Waals surface area contributed by atoms with Crippen LogP contribution in [0.4, 0.5) is 0 Å². The van der Waals surface area contributed by atoms with Crippen LogP contribution in [0.3, 0.4) is 0 Å². The van der Waals surface area contributed by atoms with Crippen LogP contribution in [0.25, 0.3) is 0 Å². The van der Waals surface area contributed by atoms with Gasteiger partial charge in [0, 0.05) is 23.1 Å². The number of hydrogen-bond acceptors (Lipinski definition) is 1. The Hall–Kier alpha value is -0.830. The molecule has 1 aromatic rings. The lowest BCUT2D eigenvalue weighted by Crippen LogP contribution is -2.09. The summed E-state index contributed by atoms with van der Waals surface area (Å²) in [5, 5.41) is 0. The van der Waals surface area contributed by atoms with Crippen molar-refractivity contribution in [1.29, 1.82) is 0 Å². The molecule has 0 radical (unpaired) electrons. The molecule has 1 aromatic carbocycles. The van der Waals surface area contributed by atoms with Gasteiger partial charge in [-0.25, -0.2) is 0 Å². The number of halogens is 1. The summed E-state index contributed by atoms with van der Waals surface area (Å²) in [6.45, 7) is 1.82. The molecule has 3 heteroatoms. The highest BCUT2D eigenvalue weighted by Gasteiger charge is 2.24. The van der Waals surface area contributed by atoms with Crippen molar-refractivity contribution in [2.75, 3.05) is 13.1 Å². The molecule has 1 fully saturated rings.